The van der Waals surface area contributed by atoms with Gasteiger partial charge in [0.15, 0.2) is 0 Å². The standard InChI is InChI=1S/C12H19F3N4O/c1-6(19(3)11(16-2)12(13,14)15)18-10(20)9-8-4-7(8)5-17-9/h6-9,17H,4-5H2,1-3H3,(H,18,20)/t6?,7-,8?,9?/m0/s1. The number of nitrogens with one attached hydrogen (secondary N) is 2. The first-order chi connectivity index (χ1) is 9.25. The minimum atomic E-state index is -4.53. The van der Waals surface area contributed by atoms with Gasteiger partial charge < -0.3 is 15.5 Å². The molecule has 0 radical (unpaired) electrons. The van der Waals surface area contributed by atoms with Crippen molar-refractivity contribution in [2.45, 2.75) is 31.7 Å². The first-order valence-corrected chi connectivity index (χ1v) is 6.56. The topological polar surface area (TPSA) is 56.7 Å². The van der Waals surface area contributed by atoms with Crippen LogP contribution in [-0.2, 0) is 4.79 Å². The summed E-state index contributed by atoms with van der Waals surface area (Å²) < 4.78 is 38.2. The smallest absolute Gasteiger partial charge is 0.336 e. The Balaban J connectivity index is 1.93. The summed E-state index contributed by atoms with van der Waals surface area (Å²) in [7, 11) is 2.35. The second kappa shape index (κ2) is 5.23. The quantitative estimate of drug-likeness (QED) is 0.454. The van der Waals surface area contributed by atoms with E-state index in [0.29, 0.717) is 11.8 Å². The fourth-order valence-corrected chi connectivity index (χ4v) is 2.69. The third kappa shape index (κ3) is 2.89. The summed E-state index contributed by atoms with van der Waals surface area (Å²) >= 11 is 0. The molecule has 1 heterocycles. The maximum absolute atomic E-state index is 12.7. The molecule has 2 fully saturated rings. The number of aliphatic imine (C=N–C) groups is 1. The first-order valence-electron chi connectivity index (χ1n) is 6.56. The SMILES string of the molecule is CN=C(N(C)C(C)NC(=O)C1NC[C@@H]2CC12)C(F)(F)F. The van der Waals surface area contributed by atoms with Crippen LogP contribution in [0.4, 0.5) is 13.2 Å². The van der Waals surface area contributed by atoms with Crippen LogP contribution in [0.15, 0.2) is 4.99 Å². The Morgan fingerprint density at radius 2 is 2.15 bits per heavy atom. The molecule has 20 heavy (non-hydrogen) atoms. The van der Waals surface area contributed by atoms with Crippen LogP contribution in [0.5, 0.6) is 0 Å². The largest absolute Gasteiger partial charge is 0.449 e. The monoisotopic (exact) mass is 292 g/mol. The predicted molar refractivity (Wildman–Crippen MR) is 68.2 cm³/mol. The number of rotatable bonds is 3. The highest BCUT2D eigenvalue weighted by molar-refractivity contribution is 5.88. The second-order valence-corrected chi connectivity index (χ2v) is 5.39. The van der Waals surface area contributed by atoms with Crippen LogP contribution in [0, 0.1) is 11.8 Å². The van der Waals surface area contributed by atoms with E-state index in [1.807, 2.05) is 0 Å². The Bertz CT molecular complexity index is 423. The highest BCUT2D eigenvalue weighted by Gasteiger charge is 2.51. The molecule has 2 rings (SSSR count). The number of nitrogens with zero attached hydrogens (tertiary/aromatic N) is 2. The molecule has 0 aromatic rings. The summed E-state index contributed by atoms with van der Waals surface area (Å²) in [5.41, 5.74) is 0. The van der Waals surface area contributed by atoms with Crippen molar-refractivity contribution in [1.29, 1.82) is 0 Å². The normalized spacial score (nSPS) is 30.7. The van der Waals surface area contributed by atoms with Crippen LogP contribution in [0.1, 0.15) is 13.3 Å². The molecule has 1 amide bonds. The number of fused-ring (bicyclic) bond motifs is 1. The fourth-order valence-electron chi connectivity index (χ4n) is 2.69. The average Bonchev–Trinajstić information content (AvgIpc) is 2.98. The molecule has 2 N–H and O–H groups in total. The lowest BCUT2D eigenvalue weighted by molar-refractivity contribution is -0.125. The van der Waals surface area contributed by atoms with E-state index in [2.05, 4.69) is 15.6 Å². The van der Waals surface area contributed by atoms with Crippen LogP contribution in [0.3, 0.4) is 0 Å². The third-order valence-electron chi connectivity index (χ3n) is 4.02. The van der Waals surface area contributed by atoms with Gasteiger partial charge in [0.25, 0.3) is 0 Å². The van der Waals surface area contributed by atoms with Gasteiger partial charge in [0.2, 0.25) is 11.7 Å². The molecule has 8 heteroatoms. The van der Waals surface area contributed by atoms with Crippen molar-refractivity contribution in [3.8, 4) is 0 Å². The Morgan fingerprint density at radius 1 is 1.50 bits per heavy atom. The summed E-state index contributed by atoms with van der Waals surface area (Å²) in [6, 6.07) is -0.274. The van der Waals surface area contributed by atoms with E-state index in [0.717, 1.165) is 24.9 Å². The van der Waals surface area contributed by atoms with Crippen LogP contribution in [0.25, 0.3) is 0 Å². The van der Waals surface area contributed by atoms with E-state index in [1.54, 1.807) is 0 Å². The van der Waals surface area contributed by atoms with Crippen LogP contribution >= 0.6 is 0 Å². The zero-order valence-corrected chi connectivity index (χ0v) is 11.7. The molecule has 2 aliphatic rings. The van der Waals surface area contributed by atoms with Gasteiger partial charge in [-0.2, -0.15) is 13.2 Å². The summed E-state index contributed by atoms with van der Waals surface area (Å²) in [6.45, 7) is 2.32. The van der Waals surface area contributed by atoms with Crippen molar-refractivity contribution in [1.82, 2.24) is 15.5 Å². The number of alkyl halides is 3. The lowest BCUT2D eigenvalue weighted by Gasteiger charge is -2.30. The number of carbonyl (C=O) groups is 1. The van der Waals surface area contributed by atoms with Gasteiger partial charge in [-0.15, -0.1) is 0 Å². The van der Waals surface area contributed by atoms with Crippen molar-refractivity contribution in [3.05, 3.63) is 0 Å². The number of piperidine rings is 1. The minimum absolute atomic E-state index is 0.244. The highest BCUT2D eigenvalue weighted by atomic mass is 19.4. The molecular weight excluding hydrogens is 273 g/mol. The molecule has 0 bridgehead atoms. The molecule has 114 valence electrons. The molecule has 0 spiro atoms. The number of hydrogen-bond donors (Lipinski definition) is 2. The van der Waals surface area contributed by atoms with Gasteiger partial charge >= 0.3 is 6.18 Å². The van der Waals surface area contributed by atoms with E-state index in [9.17, 15) is 18.0 Å². The van der Waals surface area contributed by atoms with Gasteiger partial charge in [-0.3, -0.25) is 9.79 Å². The molecule has 0 aromatic carbocycles. The van der Waals surface area contributed by atoms with Gasteiger partial charge in [0.1, 0.15) is 0 Å². The van der Waals surface area contributed by atoms with E-state index in [4.69, 9.17) is 0 Å². The maximum Gasteiger partial charge on any atom is 0.449 e. The molecule has 0 aromatic heterocycles. The average molecular weight is 292 g/mol. The predicted octanol–water partition coefficient (Wildman–Crippen LogP) is 0.579. The zero-order chi connectivity index (χ0) is 15.1. The third-order valence-corrected chi connectivity index (χ3v) is 4.02. The Kier molecular flexibility index (Phi) is 3.95. The van der Waals surface area contributed by atoms with Crippen molar-refractivity contribution in [2.24, 2.45) is 16.8 Å². The van der Waals surface area contributed by atoms with Crippen LogP contribution < -0.4 is 10.6 Å². The fraction of sp³-hybridized carbons (Fsp3) is 0.833. The Morgan fingerprint density at radius 3 is 2.55 bits per heavy atom. The molecule has 1 saturated heterocycles. The molecule has 5 nitrogen and oxygen atoms in total. The number of amidine groups is 1. The van der Waals surface area contributed by atoms with Gasteiger partial charge in [-0.05, 0) is 31.7 Å². The summed E-state index contributed by atoms with van der Waals surface area (Å²) in [5, 5.41) is 5.70. The molecule has 4 atom stereocenters. The lowest BCUT2D eigenvalue weighted by atomic mass is 10.2. The number of hydrogen-bond acceptors (Lipinski definition) is 3. The van der Waals surface area contributed by atoms with Crippen molar-refractivity contribution in [3.63, 3.8) is 0 Å². The van der Waals surface area contributed by atoms with Crippen molar-refractivity contribution in [2.75, 3.05) is 20.6 Å². The van der Waals surface area contributed by atoms with Crippen LogP contribution in [0.2, 0.25) is 0 Å². The van der Waals surface area contributed by atoms with Crippen molar-refractivity contribution >= 4 is 11.7 Å². The summed E-state index contributed by atoms with van der Waals surface area (Å²) in [6.07, 6.45) is -4.28. The van der Waals surface area contributed by atoms with E-state index < -0.39 is 18.2 Å². The number of carbonyl (C=O) groups excluding carboxylic acids is 1. The molecular formula is C12H19F3N4O. The zero-order valence-electron chi connectivity index (χ0n) is 11.7. The molecule has 1 aliphatic carbocycles. The number of amides is 1. The van der Waals surface area contributed by atoms with Gasteiger partial charge in [-0.25, -0.2) is 0 Å². The molecule has 1 aliphatic heterocycles. The van der Waals surface area contributed by atoms with E-state index in [-0.39, 0.29) is 11.9 Å². The van der Waals surface area contributed by atoms with Gasteiger partial charge in [0.05, 0.1) is 12.2 Å². The summed E-state index contributed by atoms with van der Waals surface area (Å²) in [5.74, 6) is -0.350. The second-order valence-electron chi connectivity index (χ2n) is 5.39. The molecule has 3 unspecified atom stereocenters. The van der Waals surface area contributed by atoms with Crippen molar-refractivity contribution < 1.29 is 18.0 Å². The van der Waals surface area contributed by atoms with Crippen LogP contribution in [-0.4, -0.2) is 55.7 Å². The van der Waals surface area contributed by atoms with E-state index in [1.165, 1.54) is 14.0 Å². The highest BCUT2D eigenvalue weighted by Crippen LogP contribution is 2.45. The lowest BCUT2D eigenvalue weighted by Crippen LogP contribution is -2.54. The maximum atomic E-state index is 12.7. The first kappa shape index (κ1) is 15.1. The minimum Gasteiger partial charge on any atom is -0.336 e. The van der Waals surface area contributed by atoms with Gasteiger partial charge in [0, 0.05) is 14.1 Å². The Labute approximate surface area is 115 Å². The van der Waals surface area contributed by atoms with E-state index >= 15 is 0 Å². The van der Waals surface area contributed by atoms with Gasteiger partial charge in [-0.1, -0.05) is 0 Å². The molecule has 1 saturated carbocycles. The number of halogens is 3. The Hall–Kier alpha value is -1.31. The summed E-state index contributed by atoms with van der Waals surface area (Å²) in [4.78, 5) is 16.2.